The molecule has 0 spiro atoms. The Morgan fingerprint density at radius 3 is 2.52 bits per heavy atom. The maximum atomic E-state index is 12.7. The highest BCUT2D eigenvalue weighted by molar-refractivity contribution is 7.85. The van der Waals surface area contributed by atoms with Crippen LogP contribution in [0.25, 0.3) is 0 Å². The second-order valence-corrected chi connectivity index (χ2v) is 11.8. The summed E-state index contributed by atoms with van der Waals surface area (Å²) in [5.41, 5.74) is 1.79. The van der Waals surface area contributed by atoms with Gasteiger partial charge in [0.15, 0.2) is 0 Å². The van der Waals surface area contributed by atoms with Crippen LogP contribution in [0.5, 0.6) is 0 Å². The van der Waals surface area contributed by atoms with Crippen LogP contribution < -0.4 is 0 Å². The van der Waals surface area contributed by atoms with Crippen molar-refractivity contribution in [2.24, 2.45) is 22.7 Å². The molecule has 0 aromatic rings. The molecular formula is C24H34O6S. The van der Waals surface area contributed by atoms with Crippen molar-refractivity contribution < 1.29 is 27.7 Å². The average Bonchev–Trinajstić information content (AvgIpc) is 2.67. The van der Waals surface area contributed by atoms with Crippen molar-refractivity contribution in [3.63, 3.8) is 0 Å². The second kappa shape index (κ2) is 8.32. The Morgan fingerprint density at radius 2 is 1.87 bits per heavy atom. The van der Waals surface area contributed by atoms with Crippen LogP contribution in [-0.2, 0) is 19.7 Å². The van der Waals surface area contributed by atoms with Crippen molar-refractivity contribution in [1.29, 1.82) is 0 Å². The lowest BCUT2D eigenvalue weighted by atomic mass is 9.48. The molecular weight excluding hydrogens is 416 g/mol. The summed E-state index contributed by atoms with van der Waals surface area (Å²) in [4.78, 5) is 25.0. The zero-order chi connectivity index (χ0) is 23.2. The topological polar surface area (TPSA) is 109 Å². The minimum absolute atomic E-state index is 0.0587. The first kappa shape index (κ1) is 23.9. The molecule has 4 atom stereocenters. The minimum atomic E-state index is -4.12. The molecule has 0 aliphatic heterocycles. The lowest BCUT2D eigenvalue weighted by molar-refractivity contribution is -0.132. The van der Waals surface area contributed by atoms with E-state index in [-0.39, 0.29) is 40.6 Å². The van der Waals surface area contributed by atoms with Gasteiger partial charge in [-0.15, -0.1) is 0 Å². The standard InChI is InChI=1S/C24H34O6S/c1-15-7-5-9-19-16(2)23(3,10-11-24(15,19)4)14-18-21(26)17(13-20(25)22(18)27)8-6-12-31(28,29)30/h7,13,16,19,26H,5-6,8-12,14H2,1-4H3,(H,28,29,30)/t16-,19+,23-,24-/m1/s1. The summed E-state index contributed by atoms with van der Waals surface area (Å²) in [6.45, 7) is 8.93. The van der Waals surface area contributed by atoms with Crippen molar-refractivity contribution in [3.05, 3.63) is 34.6 Å². The zero-order valence-electron chi connectivity index (χ0n) is 18.9. The number of hydrogen-bond acceptors (Lipinski definition) is 5. The van der Waals surface area contributed by atoms with Gasteiger partial charge >= 0.3 is 0 Å². The third-order valence-corrected chi connectivity index (χ3v) is 9.19. The maximum Gasteiger partial charge on any atom is 0.264 e. The molecule has 6 nitrogen and oxygen atoms in total. The van der Waals surface area contributed by atoms with Gasteiger partial charge in [-0.3, -0.25) is 14.1 Å². The summed E-state index contributed by atoms with van der Waals surface area (Å²) in [6.07, 6.45) is 7.99. The molecule has 3 rings (SSSR count). The van der Waals surface area contributed by atoms with Crippen LogP contribution in [-0.4, -0.2) is 35.4 Å². The molecule has 31 heavy (non-hydrogen) atoms. The Labute approximate surface area is 185 Å². The summed E-state index contributed by atoms with van der Waals surface area (Å²) in [7, 11) is -4.12. The Bertz CT molecular complexity index is 986. The first-order valence-electron chi connectivity index (χ1n) is 11.1. The van der Waals surface area contributed by atoms with Gasteiger partial charge in [0, 0.05) is 5.57 Å². The van der Waals surface area contributed by atoms with Gasteiger partial charge in [-0.2, -0.15) is 8.42 Å². The summed E-state index contributed by atoms with van der Waals surface area (Å²) < 4.78 is 30.9. The van der Waals surface area contributed by atoms with E-state index in [1.165, 1.54) is 5.57 Å². The molecule has 1 saturated carbocycles. The normalized spacial score (nSPS) is 34.4. The van der Waals surface area contributed by atoms with Crippen molar-refractivity contribution in [1.82, 2.24) is 0 Å². The van der Waals surface area contributed by atoms with Crippen molar-refractivity contribution in [2.45, 2.75) is 72.6 Å². The van der Waals surface area contributed by atoms with Crippen LogP contribution in [0.15, 0.2) is 34.6 Å². The first-order chi connectivity index (χ1) is 14.3. The molecule has 3 aliphatic carbocycles. The molecule has 172 valence electrons. The van der Waals surface area contributed by atoms with Crippen LogP contribution in [0.2, 0.25) is 0 Å². The fourth-order valence-corrected chi connectivity index (χ4v) is 6.47. The Kier molecular flexibility index (Phi) is 6.42. The van der Waals surface area contributed by atoms with Crippen molar-refractivity contribution in [3.8, 4) is 0 Å². The van der Waals surface area contributed by atoms with Crippen LogP contribution in [0, 0.1) is 22.7 Å². The summed E-state index contributed by atoms with van der Waals surface area (Å²) in [6, 6.07) is 0. The van der Waals surface area contributed by atoms with Crippen LogP contribution in [0.4, 0.5) is 0 Å². The second-order valence-electron chi connectivity index (χ2n) is 10.2. The van der Waals surface area contributed by atoms with Gasteiger partial charge in [0.2, 0.25) is 11.6 Å². The van der Waals surface area contributed by atoms with Crippen LogP contribution >= 0.6 is 0 Å². The summed E-state index contributed by atoms with van der Waals surface area (Å²) >= 11 is 0. The summed E-state index contributed by atoms with van der Waals surface area (Å²) in [5.74, 6) is -1.20. The molecule has 0 saturated heterocycles. The highest BCUT2D eigenvalue weighted by atomic mass is 32.2. The van der Waals surface area contributed by atoms with Gasteiger partial charge < -0.3 is 5.11 Å². The van der Waals surface area contributed by atoms with Gasteiger partial charge in [-0.25, -0.2) is 0 Å². The van der Waals surface area contributed by atoms with E-state index >= 15 is 0 Å². The van der Waals surface area contributed by atoms with E-state index in [0.29, 0.717) is 18.3 Å². The number of carbonyl (C=O) groups is 2. The smallest absolute Gasteiger partial charge is 0.264 e. The van der Waals surface area contributed by atoms with Gasteiger partial charge in [-0.05, 0) is 86.2 Å². The molecule has 7 heteroatoms. The number of allylic oxidation sites excluding steroid dienone is 5. The third-order valence-electron chi connectivity index (χ3n) is 8.39. The van der Waals surface area contributed by atoms with Crippen molar-refractivity contribution >= 4 is 21.7 Å². The van der Waals surface area contributed by atoms with Crippen molar-refractivity contribution in [2.75, 3.05) is 5.75 Å². The molecule has 0 radical (unpaired) electrons. The number of aliphatic hydroxyl groups excluding tert-OH is 1. The molecule has 1 fully saturated rings. The van der Waals surface area contributed by atoms with E-state index in [0.717, 1.165) is 31.8 Å². The molecule has 0 amide bonds. The number of aliphatic hydroxyl groups is 1. The first-order valence-corrected chi connectivity index (χ1v) is 12.7. The molecule has 0 bridgehead atoms. The van der Waals surface area contributed by atoms with Crippen LogP contribution in [0.1, 0.15) is 72.6 Å². The predicted molar refractivity (Wildman–Crippen MR) is 119 cm³/mol. The van der Waals surface area contributed by atoms with Gasteiger partial charge in [0.05, 0.1) is 5.75 Å². The fraction of sp³-hybridized carbons (Fsp3) is 0.667. The fourth-order valence-electron chi connectivity index (χ4n) is 5.96. The highest BCUT2D eigenvalue weighted by Gasteiger charge is 2.51. The highest BCUT2D eigenvalue weighted by Crippen LogP contribution is 2.60. The van der Waals surface area contributed by atoms with E-state index in [1.807, 2.05) is 0 Å². The number of carbonyl (C=O) groups excluding carboxylic acids is 2. The molecule has 0 aromatic carbocycles. The SMILES string of the molecule is CC1=CCC[C@H]2[C@@H](C)[C@@](C)(CC3=C(O)C(CCCS(=O)(=O)O)=CC(=O)C3=O)CC[C@]12C. The van der Waals surface area contributed by atoms with E-state index in [2.05, 4.69) is 33.8 Å². The van der Waals surface area contributed by atoms with E-state index in [9.17, 15) is 23.1 Å². The number of fused-ring (bicyclic) bond motifs is 1. The van der Waals surface area contributed by atoms with Gasteiger partial charge in [-0.1, -0.05) is 32.4 Å². The average molecular weight is 451 g/mol. The molecule has 0 aromatic heterocycles. The lowest BCUT2D eigenvalue weighted by Gasteiger charge is -2.56. The third kappa shape index (κ3) is 4.58. The van der Waals surface area contributed by atoms with Gasteiger partial charge in [0.1, 0.15) is 5.76 Å². The monoisotopic (exact) mass is 450 g/mol. The van der Waals surface area contributed by atoms with E-state index in [4.69, 9.17) is 4.55 Å². The Balaban J connectivity index is 1.85. The number of ketones is 2. The lowest BCUT2D eigenvalue weighted by Crippen LogP contribution is -2.47. The zero-order valence-corrected chi connectivity index (χ0v) is 19.7. The largest absolute Gasteiger partial charge is 0.507 e. The van der Waals surface area contributed by atoms with Gasteiger partial charge in [0.25, 0.3) is 10.1 Å². The maximum absolute atomic E-state index is 12.7. The van der Waals surface area contributed by atoms with E-state index < -0.39 is 27.4 Å². The predicted octanol–water partition coefficient (Wildman–Crippen LogP) is 4.73. The quantitative estimate of drug-likeness (QED) is 0.262. The Morgan fingerprint density at radius 1 is 1.19 bits per heavy atom. The number of hydrogen-bond donors (Lipinski definition) is 2. The molecule has 2 N–H and O–H groups in total. The number of Topliss-reactive ketones (excluding diaryl/α,β-unsaturated/α-hetero) is 1. The molecule has 3 aliphatic rings. The summed E-state index contributed by atoms with van der Waals surface area (Å²) in [5, 5.41) is 10.8. The Hall–Kier alpha value is -1.73. The molecule has 0 heterocycles. The number of rotatable bonds is 6. The van der Waals surface area contributed by atoms with E-state index in [1.54, 1.807) is 0 Å². The molecule has 0 unspecified atom stereocenters. The minimum Gasteiger partial charge on any atom is -0.507 e. The van der Waals surface area contributed by atoms with Crippen LogP contribution in [0.3, 0.4) is 0 Å².